The summed E-state index contributed by atoms with van der Waals surface area (Å²) in [6, 6.07) is 10.3. The Bertz CT molecular complexity index is 642. The number of allylic oxidation sites excluding steroid dienone is 1. The second-order valence-corrected chi connectivity index (χ2v) is 15.8. The zero-order chi connectivity index (χ0) is 22.2. The van der Waals surface area contributed by atoms with Gasteiger partial charge in [-0.15, -0.1) is 0 Å². The van der Waals surface area contributed by atoms with E-state index in [1.54, 1.807) is 0 Å². The van der Waals surface area contributed by atoms with E-state index < -0.39 is 8.32 Å². The van der Waals surface area contributed by atoms with E-state index in [0.717, 1.165) is 25.7 Å². The molecule has 0 saturated carbocycles. The van der Waals surface area contributed by atoms with E-state index in [1.807, 2.05) is 6.07 Å². The van der Waals surface area contributed by atoms with Crippen molar-refractivity contribution in [3.05, 3.63) is 48.0 Å². The average Bonchev–Trinajstić information content (AvgIpc) is 2.75. The van der Waals surface area contributed by atoms with Gasteiger partial charge in [0.2, 0.25) is 0 Å². The van der Waals surface area contributed by atoms with Crippen molar-refractivity contribution in [1.82, 2.24) is 0 Å². The summed E-state index contributed by atoms with van der Waals surface area (Å²) in [5, 5.41) is 0.172. The van der Waals surface area contributed by atoms with Crippen molar-refractivity contribution < 1.29 is 13.9 Å². The fourth-order valence-corrected chi connectivity index (χ4v) is 5.48. The summed E-state index contributed by atoms with van der Waals surface area (Å²) >= 11 is 3.85. The van der Waals surface area contributed by atoms with Gasteiger partial charge in [-0.3, -0.25) is 0 Å². The van der Waals surface area contributed by atoms with Crippen LogP contribution in [0.4, 0.5) is 0 Å². The van der Waals surface area contributed by atoms with Gasteiger partial charge in [-0.1, -0.05) is 86.1 Å². The molecule has 1 heterocycles. The lowest BCUT2D eigenvalue weighted by atomic mass is 10.1. The number of halogens is 1. The molecule has 0 N–H and O–H groups in total. The first-order valence-corrected chi connectivity index (χ1v) is 15.2. The highest BCUT2D eigenvalue weighted by molar-refractivity contribution is 9.09. The minimum atomic E-state index is -1.91. The largest absolute Gasteiger partial charge is 0.411 e. The van der Waals surface area contributed by atoms with Crippen molar-refractivity contribution in [1.29, 1.82) is 0 Å². The molecule has 30 heavy (non-hydrogen) atoms. The molecule has 0 radical (unpaired) electrons. The Hall–Kier alpha value is -0.463. The van der Waals surface area contributed by atoms with Gasteiger partial charge in [0, 0.05) is 11.4 Å². The molecule has 0 spiro atoms. The van der Waals surface area contributed by atoms with Gasteiger partial charge in [0.1, 0.15) is 0 Å². The summed E-state index contributed by atoms with van der Waals surface area (Å²) in [5.41, 5.74) is 1.21. The van der Waals surface area contributed by atoms with Crippen molar-refractivity contribution in [2.75, 3.05) is 6.61 Å². The Morgan fingerprint density at radius 3 is 2.37 bits per heavy atom. The molecular formula is C25H41BrO3Si. The first-order valence-electron chi connectivity index (χ1n) is 11.4. The van der Waals surface area contributed by atoms with E-state index in [2.05, 4.69) is 93.1 Å². The predicted molar refractivity (Wildman–Crippen MR) is 133 cm³/mol. The summed E-state index contributed by atoms with van der Waals surface area (Å²) in [6.07, 6.45) is 8.55. The van der Waals surface area contributed by atoms with Crippen LogP contribution in [0.25, 0.3) is 0 Å². The van der Waals surface area contributed by atoms with Crippen LogP contribution in [0.1, 0.15) is 58.9 Å². The third-order valence-electron chi connectivity index (χ3n) is 6.38. The Kier molecular flexibility index (Phi) is 10.3. The van der Waals surface area contributed by atoms with E-state index in [4.69, 9.17) is 13.9 Å². The van der Waals surface area contributed by atoms with Gasteiger partial charge in [-0.05, 0) is 49.4 Å². The molecule has 3 nitrogen and oxygen atoms in total. The van der Waals surface area contributed by atoms with Crippen LogP contribution in [0, 0.1) is 0 Å². The van der Waals surface area contributed by atoms with Crippen LogP contribution < -0.4 is 0 Å². The Morgan fingerprint density at radius 2 is 1.73 bits per heavy atom. The molecule has 1 aromatic rings. The van der Waals surface area contributed by atoms with Crippen molar-refractivity contribution in [3.8, 4) is 0 Å². The lowest BCUT2D eigenvalue weighted by Gasteiger charge is -2.42. The molecule has 0 aromatic heterocycles. The van der Waals surface area contributed by atoms with Crippen molar-refractivity contribution >= 4 is 24.2 Å². The van der Waals surface area contributed by atoms with Gasteiger partial charge in [-0.2, -0.15) is 0 Å². The molecule has 0 unspecified atom stereocenters. The van der Waals surface area contributed by atoms with Crippen LogP contribution in [0.3, 0.4) is 0 Å². The van der Waals surface area contributed by atoms with Crippen LogP contribution >= 0.6 is 15.9 Å². The molecule has 0 aliphatic carbocycles. The standard InChI is InChI=1S/C25H41BrO3Si/c1-7-22-21(26)15-11-12-16-24(29-30(5,6)25(2,3)4)23(28-22)17-18-27-19-20-13-9-8-10-14-20/h8-14,21-24H,7,15-19H2,1-6H3/b12-11-/t21-,22-,23-,24+/m0/s1. The summed E-state index contributed by atoms with van der Waals surface area (Å²) in [7, 11) is -1.91. The Labute approximate surface area is 193 Å². The molecule has 1 aromatic carbocycles. The number of ether oxygens (including phenoxy) is 2. The quantitative estimate of drug-likeness (QED) is 0.164. The number of hydrogen-bond donors (Lipinski definition) is 0. The lowest BCUT2D eigenvalue weighted by molar-refractivity contribution is -0.0836. The zero-order valence-electron chi connectivity index (χ0n) is 19.7. The molecular weight excluding hydrogens is 456 g/mol. The molecule has 0 amide bonds. The number of hydrogen-bond acceptors (Lipinski definition) is 3. The second-order valence-electron chi connectivity index (χ2n) is 9.82. The molecule has 0 fully saturated rings. The summed E-state index contributed by atoms with van der Waals surface area (Å²) < 4.78 is 19.6. The van der Waals surface area contributed by atoms with Gasteiger partial charge in [0.15, 0.2) is 8.32 Å². The minimum Gasteiger partial charge on any atom is -0.411 e. The van der Waals surface area contributed by atoms with E-state index in [0.29, 0.717) is 18.0 Å². The Morgan fingerprint density at radius 1 is 1.07 bits per heavy atom. The summed E-state index contributed by atoms with van der Waals surface area (Å²) in [5.74, 6) is 0. The van der Waals surface area contributed by atoms with E-state index in [9.17, 15) is 0 Å². The fourth-order valence-electron chi connectivity index (χ4n) is 3.41. The summed E-state index contributed by atoms with van der Waals surface area (Å²) in [6.45, 7) is 15.1. The first kappa shape index (κ1) is 25.8. The van der Waals surface area contributed by atoms with Crippen LogP contribution in [-0.4, -0.2) is 38.1 Å². The van der Waals surface area contributed by atoms with Crippen LogP contribution in [-0.2, 0) is 20.5 Å². The van der Waals surface area contributed by atoms with Gasteiger partial charge in [0.05, 0.1) is 24.9 Å². The molecule has 170 valence electrons. The molecule has 5 heteroatoms. The zero-order valence-corrected chi connectivity index (χ0v) is 22.3. The highest BCUT2D eigenvalue weighted by Gasteiger charge is 2.41. The molecule has 4 atom stereocenters. The molecule has 1 aliphatic heterocycles. The van der Waals surface area contributed by atoms with Gasteiger partial charge in [-0.25, -0.2) is 0 Å². The topological polar surface area (TPSA) is 27.7 Å². The van der Waals surface area contributed by atoms with E-state index >= 15 is 0 Å². The number of alkyl halides is 1. The maximum Gasteiger partial charge on any atom is 0.192 e. The van der Waals surface area contributed by atoms with E-state index in [1.165, 1.54) is 5.56 Å². The third-order valence-corrected chi connectivity index (χ3v) is 11.8. The van der Waals surface area contributed by atoms with Crippen molar-refractivity contribution in [2.24, 2.45) is 0 Å². The van der Waals surface area contributed by atoms with Gasteiger partial charge >= 0.3 is 0 Å². The maximum absolute atomic E-state index is 6.88. The molecule has 0 saturated heterocycles. The maximum atomic E-state index is 6.88. The smallest absolute Gasteiger partial charge is 0.192 e. The van der Waals surface area contributed by atoms with E-state index in [-0.39, 0.29) is 23.4 Å². The highest BCUT2D eigenvalue weighted by atomic mass is 79.9. The van der Waals surface area contributed by atoms with Crippen LogP contribution in [0.15, 0.2) is 42.5 Å². The monoisotopic (exact) mass is 496 g/mol. The highest BCUT2D eigenvalue weighted by Crippen LogP contribution is 2.39. The number of rotatable bonds is 8. The fraction of sp³-hybridized carbons (Fsp3) is 0.680. The normalized spacial score (nSPS) is 27.2. The van der Waals surface area contributed by atoms with Crippen LogP contribution in [0.2, 0.25) is 18.1 Å². The molecule has 2 rings (SSSR count). The summed E-state index contributed by atoms with van der Waals surface area (Å²) in [4.78, 5) is 0.332. The van der Waals surface area contributed by atoms with Crippen molar-refractivity contribution in [3.63, 3.8) is 0 Å². The van der Waals surface area contributed by atoms with Gasteiger partial charge < -0.3 is 13.9 Å². The van der Waals surface area contributed by atoms with Crippen molar-refractivity contribution in [2.45, 2.75) is 101 Å². The SMILES string of the molecule is CC[C@@H]1O[C@@H](CCOCc2ccccc2)[C@H](O[Si](C)(C)C(C)(C)C)C/C=C\C[C@@H]1Br. The first-order chi connectivity index (χ1) is 14.1. The average molecular weight is 498 g/mol. The third kappa shape index (κ3) is 7.90. The van der Waals surface area contributed by atoms with Gasteiger partial charge in [0.25, 0.3) is 0 Å². The molecule has 0 bridgehead atoms. The Balaban J connectivity index is 2.10. The predicted octanol–water partition coefficient (Wildman–Crippen LogP) is 7.26. The minimum absolute atomic E-state index is 0.0302. The number of benzene rings is 1. The molecule has 1 aliphatic rings. The van der Waals surface area contributed by atoms with Crippen LogP contribution in [0.5, 0.6) is 0 Å². The second kappa shape index (κ2) is 12.0. The lowest BCUT2D eigenvalue weighted by Crippen LogP contribution is -2.48.